The fourth-order valence-corrected chi connectivity index (χ4v) is 5.03. The standard InChI is InChI=1S/C22H30N4O2/c1-5-16-12-23-20-10-17(16)11-22(20,28)15(2)18-8-6-7-9-19(18)26-13-24(3)21(27)25(4)14-26/h5-9,17,20,23,28H,2,10-14H2,1,3-4H3/b16-5-/t17-,20+,22-/m1/s1. The van der Waals surface area contributed by atoms with Crippen LogP contribution in [0.3, 0.4) is 0 Å². The molecule has 3 atom stereocenters. The number of carbonyl (C=O) groups excluding carboxylic acids is 1. The van der Waals surface area contributed by atoms with Crippen molar-refractivity contribution in [1.82, 2.24) is 15.1 Å². The van der Waals surface area contributed by atoms with Crippen molar-refractivity contribution >= 4 is 17.3 Å². The minimum absolute atomic E-state index is 0.0128. The highest BCUT2D eigenvalue weighted by Gasteiger charge is 2.51. The molecule has 28 heavy (non-hydrogen) atoms. The van der Waals surface area contributed by atoms with E-state index in [-0.39, 0.29) is 12.1 Å². The number of benzene rings is 1. The summed E-state index contributed by atoms with van der Waals surface area (Å²) in [6.07, 6.45) is 3.82. The minimum Gasteiger partial charge on any atom is -0.384 e. The number of allylic oxidation sites excluding steroid dienone is 1. The molecule has 1 saturated carbocycles. The van der Waals surface area contributed by atoms with Gasteiger partial charge in [-0.3, -0.25) is 0 Å². The Morgan fingerprint density at radius 2 is 1.96 bits per heavy atom. The molecule has 2 amide bonds. The van der Waals surface area contributed by atoms with E-state index in [4.69, 9.17) is 0 Å². The predicted molar refractivity (Wildman–Crippen MR) is 112 cm³/mol. The smallest absolute Gasteiger partial charge is 0.322 e. The van der Waals surface area contributed by atoms with Crippen LogP contribution >= 0.6 is 0 Å². The van der Waals surface area contributed by atoms with Crippen molar-refractivity contribution < 1.29 is 9.90 Å². The number of nitrogens with one attached hydrogen (secondary N) is 1. The normalized spacial score (nSPS) is 31.6. The molecule has 3 aliphatic rings. The number of aliphatic hydroxyl groups is 1. The molecule has 150 valence electrons. The summed E-state index contributed by atoms with van der Waals surface area (Å²) in [7, 11) is 3.61. The number of amides is 2. The van der Waals surface area contributed by atoms with Crippen LogP contribution in [-0.4, -0.2) is 66.6 Å². The Labute approximate surface area is 167 Å². The van der Waals surface area contributed by atoms with Gasteiger partial charge < -0.3 is 25.1 Å². The molecule has 2 heterocycles. The van der Waals surface area contributed by atoms with Gasteiger partial charge in [-0.2, -0.15) is 0 Å². The molecule has 2 saturated heterocycles. The highest BCUT2D eigenvalue weighted by Crippen LogP contribution is 2.49. The van der Waals surface area contributed by atoms with Crippen LogP contribution < -0.4 is 10.2 Å². The number of carbonyl (C=O) groups is 1. The zero-order valence-electron chi connectivity index (χ0n) is 17.0. The molecule has 1 aromatic carbocycles. The van der Waals surface area contributed by atoms with Crippen LogP contribution in [0.5, 0.6) is 0 Å². The fourth-order valence-electron chi connectivity index (χ4n) is 5.03. The van der Waals surface area contributed by atoms with Crippen LogP contribution in [0.4, 0.5) is 10.5 Å². The summed E-state index contributed by atoms with van der Waals surface area (Å²) in [5.41, 5.74) is 3.14. The third kappa shape index (κ3) is 2.91. The van der Waals surface area contributed by atoms with Gasteiger partial charge in [-0.25, -0.2) is 4.79 Å². The van der Waals surface area contributed by atoms with Gasteiger partial charge in [0.05, 0.1) is 13.3 Å². The number of piperidine rings is 1. The summed E-state index contributed by atoms with van der Waals surface area (Å²) in [6.45, 7) is 8.31. The number of anilines is 1. The second-order valence-corrected chi connectivity index (χ2v) is 8.35. The number of hydrogen-bond acceptors (Lipinski definition) is 4. The van der Waals surface area contributed by atoms with Gasteiger partial charge in [-0.05, 0) is 37.3 Å². The number of hydrogen-bond donors (Lipinski definition) is 2. The van der Waals surface area contributed by atoms with Crippen molar-refractivity contribution in [2.45, 2.75) is 31.4 Å². The second-order valence-electron chi connectivity index (χ2n) is 8.35. The van der Waals surface area contributed by atoms with Crippen LogP contribution in [0.1, 0.15) is 25.3 Å². The Bertz CT molecular complexity index is 822. The number of nitrogens with zero attached hydrogens (tertiary/aromatic N) is 3. The molecule has 0 spiro atoms. The lowest BCUT2D eigenvalue weighted by molar-refractivity contribution is 0.0821. The molecular formula is C22H30N4O2. The lowest BCUT2D eigenvalue weighted by atomic mass is 9.84. The Kier molecular flexibility index (Phi) is 4.71. The molecule has 1 aromatic rings. The molecular weight excluding hydrogens is 352 g/mol. The van der Waals surface area contributed by atoms with E-state index in [0.717, 1.165) is 29.8 Å². The van der Waals surface area contributed by atoms with E-state index in [2.05, 4.69) is 29.8 Å². The molecule has 3 fully saturated rings. The first kappa shape index (κ1) is 19.0. The molecule has 0 radical (unpaired) electrons. The van der Waals surface area contributed by atoms with Gasteiger partial charge in [0.2, 0.25) is 0 Å². The SMILES string of the molecule is C=C(c1ccccc1N1CN(C)C(=O)N(C)C1)[C@]1(O)C[C@H]2C[C@@H]1NC/C2=C/C. The van der Waals surface area contributed by atoms with Gasteiger partial charge in [0, 0.05) is 37.9 Å². The molecule has 2 bridgehead atoms. The summed E-state index contributed by atoms with van der Waals surface area (Å²) in [5, 5.41) is 15.2. The number of rotatable bonds is 3. The van der Waals surface area contributed by atoms with Gasteiger partial charge in [0.25, 0.3) is 0 Å². The van der Waals surface area contributed by atoms with Crippen LogP contribution in [0.15, 0.2) is 42.5 Å². The van der Waals surface area contributed by atoms with E-state index >= 15 is 0 Å². The van der Waals surface area contributed by atoms with Crippen molar-refractivity contribution in [2.24, 2.45) is 5.92 Å². The Morgan fingerprint density at radius 1 is 1.29 bits per heavy atom. The molecule has 4 rings (SSSR count). The first-order valence-corrected chi connectivity index (χ1v) is 9.96. The summed E-state index contributed by atoms with van der Waals surface area (Å²) in [5.74, 6) is 0.412. The maximum Gasteiger partial charge on any atom is 0.322 e. The van der Waals surface area contributed by atoms with Crippen molar-refractivity contribution in [3.05, 3.63) is 48.1 Å². The first-order valence-electron chi connectivity index (χ1n) is 9.96. The van der Waals surface area contributed by atoms with Crippen LogP contribution in [-0.2, 0) is 0 Å². The van der Waals surface area contributed by atoms with Crippen molar-refractivity contribution in [3.63, 3.8) is 0 Å². The van der Waals surface area contributed by atoms with Crippen molar-refractivity contribution in [2.75, 3.05) is 38.9 Å². The van der Waals surface area contributed by atoms with Gasteiger partial charge in [0.15, 0.2) is 0 Å². The molecule has 0 unspecified atom stereocenters. The van der Waals surface area contributed by atoms with E-state index in [0.29, 0.717) is 25.7 Å². The molecule has 6 nitrogen and oxygen atoms in total. The van der Waals surface area contributed by atoms with E-state index in [9.17, 15) is 9.90 Å². The highest BCUT2D eigenvalue weighted by molar-refractivity contribution is 5.82. The van der Waals surface area contributed by atoms with Crippen LogP contribution in [0.25, 0.3) is 5.57 Å². The molecule has 2 N–H and O–H groups in total. The number of para-hydroxylation sites is 1. The van der Waals surface area contributed by atoms with Crippen LogP contribution in [0.2, 0.25) is 0 Å². The summed E-state index contributed by atoms with van der Waals surface area (Å²) in [6, 6.07) is 8.10. The Hall–Kier alpha value is -2.31. The third-order valence-electron chi connectivity index (χ3n) is 6.61. The topological polar surface area (TPSA) is 59.0 Å². The lowest BCUT2D eigenvalue weighted by Crippen LogP contribution is -2.55. The van der Waals surface area contributed by atoms with Gasteiger partial charge in [-0.1, -0.05) is 36.4 Å². The van der Waals surface area contributed by atoms with Gasteiger partial charge in [-0.15, -0.1) is 0 Å². The minimum atomic E-state index is -0.963. The molecule has 2 aliphatic heterocycles. The maximum absolute atomic E-state index is 12.1. The monoisotopic (exact) mass is 382 g/mol. The average Bonchev–Trinajstić information content (AvgIpc) is 2.97. The van der Waals surface area contributed by atoms with Crippen LogP contribution in [0, 0.1) is 5.92 Å². The van der Waals surface area contributed by atoms with E-state index in [1.807, 2.05) is 24.3 Å². The first-order chi connectivity index (χ1) is 13.3. The summed E-state index contributed by atoms with van der Waals surface area (Å²) in [4.78, 5) is 17.7. The zero-order chi connectivity index (χ0) is 20.1. The van der Waals surface area contributed by atoms with Gasteiger partial charge >= 0.3 is 6.03 Å². The van der Waals surface area contributed by atoms with Gasteiger partial charge in [0.1, 0.15) is 5.60 Å². The molecule has 0 aromatic heterocycles. The summed E-state index contributed by atoms with van der Waals surface area (Å²) >= 11 is 0. The predicted octanol–water partition coefficient (Wildman–Crippen LogP) is 2.48. The van der Waals surface area contributed by atoms with E-state index in [1.165, 1.54) is 5.57 Å². The average molecular weight is 383 g/mol. The Balaban J connectivity index is 1.66. The molecule has 6 heteroatoms. The largest absolute Gasteiger partial charge is 0.384 e. The van der Waals surface area contributed by atoms with Crippen molar-refractivity contribution in [1.29, 1.82) is 0 Å². The quantitative estimate of drug-likeness (QED) is 0.789. The lowest BCUT2D eigenvalue weighted by Gasteiger charge is -2.41. The maximum atomic E-state index is 12.1. The number of urea groups is 1. The molecule has 1 aliphatic carbocycles. The Morgan fingerprint density at radius 3 is 2.64 bits per heavy atom. The number of fused-ring (bicyclic) bond motifs is 2. The second kappa shape index (κ2) is 6.94. The van der Waals surface area contributed by atoms with E-state index in [1.54, 1.807) is 23.9 Å². The fraction of sp³-hybridized carbons (Fsp3) is 0.500. The zero-order valence-corrected chi connectivity index (χ0v) is 17.0. The summed E-state index contributed by atoms with van der Waals surface area (Å²) < 4.78 is 0. The van der Waals surface area contributed by atoms with Crippen molar-refractivity contribution in [3.8, 4) is 0 Å². The van der Waals surface area contributed by atoms with E-state index < -0.39 is 5.60 Å². The third-order valence-corrected chi connectivity index (χ3v) is 6.61. The highest BCUT2D eigenvalue weighted by atomic mass is 16.3.